The fourth-order valence-corrected chi connectivity index (χ4v) is 6.15. The van der Waals surface area contributed by atoms with Crippen LogP contribution in [-0.4, -0.2) is 17.3 Å². The van der Waals surface area contributed by atoms with Crippen LogP contribution in [0.1, 0.15) is 71.3 Å². The van der Waals surface area contributed by atoms with Gasteiger partial charge in [0.05, 0.1) is 18.8 Å². The summed E-state index contributed by atoms with van der Waals surface area (Å²) < 4.78 is 6.45. The lowest BCUT2D eigenvalue weighted by Crippen LogP contribution is -2.42. The number of ether oxygens (including phenoxy) is 1. The van der Waals surface area contributed by atoms with E-state index in [1.807, 2.05) is 6.92 Å². The summed E-state index contributed by atoms with van der Waals surface area (Å²) in [5.41, 5.74) is 2.72. The van der Waals surface area contributed by atoms with Gasteiger partial charge in [-0.1, -0.05) is 56.2 Å². The predicted molar refractivity (Wildman–Crippen MR) is 112 cm³/mol. The third-order valence-electron chi connectivity index (χ3n) is 7.36. The first-order valence-electron chi connectivity index (χ1n) is 10.9. The van der Waals surface area contributed by atoms with Crippen LogP contribution >= 0.6 is 0 Å². The Bertz CT molecular complexity index is 610. The number of hydrogen-bond acceptors (Lipinski definition) is 2. The lowest BCUT2D eigenvalue weighted by molar-refractivity contribution is -0.0779. The number of aliphatic hydroxyl groups excluding tert-OH is 1. The molecule has 0 aromatic heterocycles. The van der Waals surface area contributed by atoms with E-state index in [0.717, 1.165) is 25.0 Å². The smallest absolute Gasteiger partial charge is 0.0720 e. The minimum atomic E-state index is -0.242. The number of fused-ring (bicyclic) bond motifs is 1. The van der Waals surface area contributed by atoms with Gasteiger partial charge in [0.15, 0.2) is 0 Å². The second-order valence-electron chi connectivity index (χ2n) is 9.55. The molecule has 2 aliphatic carbocycles. The van der Waals surface area contributed by atoms with Gasteiger partial charge >= 0.3 is 0 Å². The molecule has 2 fully saturated rings. The summed E-state index contributed by atoms with van der Waals surface area (Å²) in [7, 11) is 0. The molecule has 3 rings (SSSR count). The van der Waals surface area contributed by atoms with Crippen molar-refractivity contribution in [2.45, 2.75) is 84.5 Å². The number of benzene rings is 1. The average Bonchev–Trinajstić information content (AvgIpc) is 2.97. The SMILES string of the molecule is C=C(C)C[C@H](O)C[C@@H](C)[C@H]1CC[C@H]2[C@@H](OCc3ccccc3)CCC[C@]12C. The van der Waals surface area contributed by atoms with Gasteiger partial charge in [0.25, 0.3) is 0 Å². The second kappa shape index (κ2) is 8.92. The first kappa shape index (κ1) is 20.6. The monoisotopic (exact) mass is 370 g/mol. The van der Waals surface area contributed by atoms with Crippen LogP contribution in [0.25, 0.3) is 0 Å². The quantitative estimate of drug-likeness (QED) is 0.557. The first-order chi connectivity index (χ1) is 12.9. The molecule has 0 radical (unpaired) electrons. The highest BCUT2D eigenvalue weighted by Crippen LogP contribution is 2.58. The third-order valence-corrected chi connectivity index (χ3v) is 7.36. The minimum Gasteiger partial charge on any atom is -0.393 e. The Morgan fingerprint density at radius 2 is 2.00 bits per heavy atom. The van der Waals surface area contributed by atoms with Crippen LogP contribution < -0.4 is 0 Å². The van der Waals surface area contributed by atoms with Gasteiger partial charge in [0.1, 0.15) is 0 Å². The van der Waals surface area contributed by atoms with E-state index in [-0.39, 0.29) is 6.10 Å². The molecule has 0 bridgehead atoms. The molecule has 0 amide bonds. The predicted octanol–water partition coefficient (Wildman–Crippen LogP) is 6.14. The fraction of sp³-hybridized carbons (Fsp3) is 0.680. The molecule has 1 aromatic rings. The fourth-order valence-electron chi connectivity index (χ4n) is 6.15. The minimum absolute atomic E-state index is 0.242. The van der Waals surface area contributed by atoms with Crippen molar-refractivity contribution in [1.29, 1.82) is 0 Å². The molecule has 2 aliphatic rings. The normalized spacial score (nSPS) is 32.7. The topological polar surface area (TPSA) is 29.5 Å². The summed E-state index contributed by atoms with van der Waals surface area (Å²) >= 11 is 0. The molecule has 0 saturated heterocycles. The zero-order valence-corrected chi connectivity index (χ0v) is 17.5. The summed E-state index contributed by atoms with van der Waals surface area (Å²) in [6.45, 7) is 11.6. The number of aliphatic hydroxyl groups is 1. The van der Waals surface area contributed by atoms with Gasteiger partial charge in [-0.05, 0) is 74.2 Å². The van der Waals surface area contributed by atoms with Crippen molar-refractivity contribution in [3.05, 3.63) is 48.0 Å². The Kier molecular flexibility index (Phi) is 6.81. The van der Waals surface area contributed by atoms with Gasteiger partial charge in [-0.25, -0.2) is 0 Å². The molecular formula is C25H38O2. The van der Waals surface area contributed by atoms with Gasteiger partial charge in [0, 0.05) is 0 Å². The molecule has 1 aromatic carbocycles. The van der Waals surface area contributed by atoms with Crippen molar-refractivity contribution >= 4 is 0 Å². The molecule has 0 aliphatic heterocycles. The maximum absolute atomic E-state index is 10.4. The van der Waals surface area contributed by atoms with E-state index < -0.39 is 0 Å². The van der Waals surface area contributed by atoms with Crippen molar-refractivity contribution in [3.8, 4) is 0 Å². The van der Waals surface area contributed by atoms with Crippen LogP contribution in [0.2, 0.25) is 0 Å². The summed E-state index contributed by atoms with van der Waals surface area (Å²) in [4.78, 5) is 0. The zero-order chi connectivity index (χ0) is 19.4. The molecule has 0 spiro atoms. The Balaban J connectivity index is 1.61. The molecule has 27 heavy (non-hydrogen) atoms. The largest absolute Gasteiger partial charge is 0.393 e. The van der Waals surface area contributed by atoms with Gasteiger partial charge in [0.2, 0.25) is 0 Å². The highest BCUT2D eigenvalue weighted by atomic mass is 16.5. The molecule has 1 N–H and O–H groups in total. The summed E-state index contributed by atoms with van der Waals surface area (Å²) in [5, 5.41) is 10.4. The second-order valence-corrected chi connectivity index (χ2v) is 9.55. The number of hydrogen-bond donors (Lipinski definition) is 1. The van der Waals surface area contributed by atoms with Crippen LogP contribution in [0, 0.1) is 23.2 Å². The highest BCUT2D eigenvalue weighted by Gasteiger charge is 2.52. The summed E-state index contributed by atoms with van der Waals surface area (Å²) in [5.74, 6) is 1.92. The van der Waals surface area contributed by atoms with Crippen LogP contribution in [0.4, 0.5) is 0 Å². The Morgan fingerprint density at radius 3 is 2.70 bits per heavy atom. The van der Waals surface area contributed by atoms with E-state index in [2.05, 4.69) is 50.8 Å². The van der Waals surface area contributed by atoms with E-state index in [1.165, 1.54) is 37.7 Å². The Labute approximate surface area is 166 Å². The van der Waals surface area contributed by atoms with Crippen molar-refractivity contribution in [2.75, 3.05) is 0 Å². The van der Waals surface area contributed by atoms with Gasteiger partial charge in [-0.2, -0.15) is 0 Å². The first-order valence-corrected chi connectivity index (χ1v) is 10.9. The van der Waals surface area contributed by atoms with Gasteiger partial charge < -0.3 is 9.84 Å². The van der Waals surface area contributed by atoms with Crippen molar-refractivity contribution in [1.82, 2.24) is 0 Å². The van der Waals surface area contributed by atoms with Crippen molar-refractivity contribution in [2.24, 2.45) is 23.2 Å². The van der Waals surface area contributed by atoms with Gasteiger partial charge in [-0.3, -0.25) is 0 Å². The number of rotatable bonds is 8. The summed E-state index contributed by atoms with van der Waals surface area (Å²) in [6, 6.07) is 10.6. The highest BCUT2D eigenvalue weighted by molar-refractivity contribution is 5.13. The Hall–Kier alpha value is -1.12. The van der Waals surface area contributed by atoms with Crippen LogP contribution in [0.5, 0.6) is 0 Å². The molecule has 0 unspecified atom stereocenters. The van der Waals surface area contributed by atoms with E-state index in [0.29, 0.717) is 29.3 Å². The molecule has 6 atom stereocenters. The summed E-state index contributed by atoms with van der Waals surface area (Å²) in [6.07, 6.45) is 8.13. The zero-order valence-electron chi connectivity index (χ0n) is 17.5. The van der Waals surface area contributed by atoms with Crippen LogP contribution in [0.15, 0.2) is 42.5 Å². The van der Waals surface area contributed by atoms with Gasteiger partial charge in [-0.15, -0.1) is 6.58 Å². The molecule has 2 heteroatoms. The van der Waals surface area contributed by atoms with Crippen molar-refractivity contribution < 1.29 is 9.84 Å². The molecule has 2 saturated carbocycles. The average molecular weight is 371 g/mol. The van der Waals surface area contributed by atoms with Crippen molar-refractivity contribution in [3.63, 3.8) is 0 Å². The van der Waals surface area contributed by atoms with E-state index >= 15 is 0 Å². The third kappa shape index (κ3) is 4.84. The van der Waals surface area contributed by atoms with E-state index in [1.54, 1.807) is 0 Å². The van der Waals surface area contributed by atoms with Crippen LogP contribution in [0.3, 0.4) is 0 Å². The molecule has 150 valence electrons. The van der Waals surface area contributed by atoms with E-state index in [9.17, 15) is 5.11 Å². The molecule has 0 heterocycles. The molecular weight excluding hydrogens is 332 g/mol. The lowest BCUT2D eigenvalue weighted by atomic mass is 9.61. The Morgan fingerprint density at radius 1 is 1.26 bits per heavy atom. The van der Waals surface area contributed by atoms with E-state index in [4.69, 9.17) is 4.74 Å². The standard InChI is InChI=1S/C25H38O2/c1-18(2)15-21(26)16-19(3)22-12-13-23-24(11-8-14-25(22,23)4)27-17-20-9-6-5-7-10-20/h5-7,9-10,19,21-24,26H,1,8,11-17H2,2-4H3/t19-,21+,22-,23+,24+,25-/m1/s1. The molecule has 2 nitrogen and oxygen atoms in total. The maximum atomic E-state index is 10.4. The van der Waals surface area contributed by atoms with Crippen LogP contribution in [-0.2, 0) is 11.3 Å². The lowest BCUT2D eigenvalue weighted by Gasteiger charge is -2.46. The maximum Gasteiger partial charge on any atom is 0.0720 e.